The lowest BCUT2D eigenvalue weighted by molar-refractivity contribution is 0.0862. The number of nitrogens with zero attached hydrogens (tertiary/aromatic N) is 2. The third-order valence-electron chi connectivity index (χ3n) is 6.53. The van der Waals surface area contributed by atoms with Crippen LogP contribution in [0.25, 0.3) is 0 Å². The van der Waals surface area contributed by atoms with Crippen molar-refractivity contribution in [2.24, 2.45) is 17.3 Å². The van der Waals surface area contributed by atoms with Gasteiger partial charge in [-0.2, -0.15) is 5.10 Å². The van der Waals surface area contributed by atoms with E-state index < -0.39 is 0 Å². The number of carbonyl (C=O) groups is 1. The van der Waals surface area contributed by atoms with Crippen LogP contribution < -0.4 is 0 Å². The molecule has 0 N–H and O–H groups in total. The third-order valence-corrected chi connectivity index (χ3v) is 6.53. The molecule has 1 heterocycles. The highest BCUT2D eigenvalue weighted by atomic mass is 16.2. The van der Waals surface area contributed by atoms with Crippen LogP contribution in [-0.2, 0) is 6.42 Å². The first-order valence-electron chi connectivity index (χ1n) is 8.67. The zero-order valence-electron chi connectivity index (χ0n) is 13.9. The Hall–Kier alpha value is -1.90. The minimum atomic E-state index is 0.116. The highest BCUT2D eigenvalue weighted by Gasteiger charge is 2.64. The van der Waals surface area contributed by atoms with Gasteiger partial charge >= 0.3 is 0 Å². The maximum absolute atomic E-state index is 12.9. The van der Waals surface area contributed by atoms with Crippen LogP contribution in [0.4, 0.5) is 0 Å². The van der Waals surface area contributed by atoms with Gasteiger partial charge in [-0.1, -0.05) is 44.2 Å². The Morgan fingerprint density at radius 3 is 2.74 bits per heavy atom. The van der Waals surface area contributed by atoms with E-state index in [1.807, 2.05) is 6.07 Å². The number of rotatable bonds is 2. The van der Waals surface area contributed by atoms with Crippen LogP contribution in [0.3, 0.4) is 0 Å². The van der Waals surface area contributed by atoms with Crippen molar-refractivity contribution in [3.8, 4) is 0 Å². The number of carbonyl (C=O) groups excluding carboxylic acids is 1. The number of aryl methyl sites for hydroxylation is 1. The molecule has 2 aromatic rings. The molecule has 0 saturated heterocycles. The number of benzene rings is 1. The van der Waals surface area contributed by atoms with E-state index in [1.165, 1.54) is 16.8 Å². The summed E-state index contributed by atoms with van der Waals surface area (Å²) in [7, 11) is 0. The lowest BCUT2D eigenvalue weighted by atomic mass is 9.98. The predicted octanol–water partition coefficient (Wildman–Crippen LogP) is 3.93. The first-order chi connectivity index (χ1) is 11.0. The predicted molar refractivity (Wildman–Crippen MR) is 88.6 cm³/mol. The van der Waals surface area contributed by atoms with Crippen LogP contribution in [-0.4, -0.2) is 15.7 Å². The van der Waals surface area contributed by atoms with E-state index in [0.717, 1.165) is 24.5 Å². The monoisotopic (exact) mass is 306 g/mol. The van der Waals surface area contributed by atoms with Crippen molar-refractivity contribution in [3.05, 3.63) is 52.8 Å². The molecule has 3 aliphatic carbocycles. The Labute approximate surface area is 136 Å². The van der Waals surface area contributed by atoms with Gasteiger partial charge in [-0.15, -0.1) is 0 Å². The average molecular weight is 306 g/mol. The SMILES string of the molecule is Cc1nn(C(=O)C2CC2c2ccccc2)c2c1C1C(C2)C1(C)C. The Kier molecular flexibility index (Phi) is 2.43. The van der Waals surface area contributed by atoms with Crippen molar-refractivity contribution < 1.29 is 4.79 Å². The van der Waals surface area contributed by atoms with Crippen molar-refractivity contribution in [2.45, 2.75) is 45.4 Å². The molecule has 3 heteroatoms. The molecule has 1 aromatic carbocycles. The van der Waals surface area contributed by atoms with Gasteiger partial charge in [0.25, 0.3) is 5.91 Å². The summed E-state index contributed by atoms with van der Waals surface area (Å²) >= 11 is 0. The van der Waals surface area contributed by atoms with Crippen molar-refractivity contribution in [1.82, 2.24) is 9.78 Å². The molecular weight excluding hydrogens is 284 g/mol. The molecule has 0 radical (unpaired) electrons. The lowest BCUT2D eigenvalue weighted by Crippen LogP contribution is -2.19. The van der Waals surface area contributed by atoms with Gasteiger partial charge in [-0.05, 0) is 48.5 Å². The highest BCUT2D eigenvalue weighted by molar-refractivity contribution is 5.85. The first-order valence-corrected chi connectivity index (χ1v) is 8.67. The number of aromatic nitrogens is 2. The van der Waals surface area contributed by atoms with Gasteiger partial charge in [0, 0.05) is 11.5 Å². The second-order valence-electron chi connectivity index (χ2n) is 8.16. The zero-order valence-corrected chi connectivity index (χ0v) is 13.9. The second kappa shape index (κ2) is 4.14. The summed E-state index contributed by atoms with van der Waals surface area (Å²) in [4.78, 5) is 12.9. The van der Waals surface area contributed by atoms with E-state index in [0.29, 0.717) is 17.3 Å². The minimum absolute atomic E-state index is 0.116. The van der Waals surface area contributed by atoms with E-state index >= 15 is 0 Å². The number of hydrogen-bond donors (Lipinski definition) is 0. The normalized spacial score (nSPS) is 32.3. The van der Waals surface area contributed by atoms with Crippen LogP contribution in [0.5, 0.6) is 0 Å². The molecule has 0 amide bonds. The molecule has 0 bridgehead atoms. The molecule has 0 spiro atoms. The second-order valence-corrected chi connectivity index (χ2v) is 8.16. The maximum atomic E-state index is 12.9. The molecule has 0 aliphatic heterocycles. The van der Waals surface area contributed by atoms with E-state index in [9.17, 15) is 4.79 Å². The number of hydrogen-bond acceptors (Lipinski definition) is 2. The molecular formula is C20H22N2O. The summed E-state index contributed by atoms with van der Waals surface area (Å²) < 4.78 is 1.76. The van der Waals surface area contributed by atoms with Gasteiger partial charge in [-0.3, -0.25) is 4.79 Å². The summed E-state index contributed by atoms with van der Waals surface area (Å²) in [5.74, 6) is 2.06. The van der Waals surface area contributed by atoms with Crippen LogP contribution >= 0.6 is 0 Å². The molecule has 1 aromatic heterocycles. The summed E-state index contributed by atoms with van der Waals surface area (Å²) in [5.41, 5.74) is 5.35. The van der Waals surface area contributed by atoms with Crippen molar-refractivity contribution in [1.29, 1.82) is 0 Å². The standard InChI is InChI=1S/C20H22N2O/c1-11-17-16(10-15-18(17)20(15,2)3)22(21-11)19(23)14-9-13(14)12-7-5-4-6-8-12/h4-8,13-15,18H,9-10H2,1-3H3. The summed E-state index contributed by atoms with van der Waals surface area (Å²) in [6.07, 6.45) is 2.00. The van der Waals surface area contributed by atoms with E-state index in [2.05, 4.69) is 50.1 Å². The lowest BCUT2D eigenvalue weighted by Gasteiger charge is -2.10. The fraction of sp³-hybridized carbons (Fsp3) is 0.500. The van der Waals surface area contributed by atoms with Crippen LogP contribution in [0.1, 0.15) is 59.4 Å². The topological polar surface area (TPSA) is 34.9 Å². The van der Waals surface area contributed by atoms with Crippen molar-refractivity contribution in [2.75, 3.05) is 0 Å². The smallest absolute Gasteiger partial charge is 0.250 e. The molecule has 4 atom stereocenters. The van der Waals surface area contributed by atoms with E-state index in [4.69, 9.17) is 0 Å². The van der Waals surface area contributed by atoms with Gasteiger partial charge in [-0.25, -0.2) is 4.68 Å². The molecule has 5 rings (SSSR count). The van der Waals surface area contributed by atoms with Gasteiger partial charge in [0.1, 0.15) is 0 Å². The fourth-order valence-electron chi connectivity index (χ4n) is 4.97. The maximum Gasteiger partial charge on any atom is 0.250 e. The molecule has 2 saturated carbocycles. The molecule has 23 heavy (non-hydrogen) atoms. The van der Waals surface area contributed by atoms with Crippen LogP contribution in [0, 0.1) is 24.2 Å². The van der Waals surface area contributed by atoms with Crippen molar-refractivity contribution in [3.63, 3.8) is 0 Å². The average Bonchev–Trinajstić information content (AvgIpc) is 3.31. The Balaban J connectivity index is 1.44. The molecule has 118 valence electrons. The molecule has 2 fully saturated rings. The van der Waals surface area contributed by atoms with E-state index in [-0.39, 0.29) is 11.8 Å². The quantitative estimate of drug-likeness (QED) is 0.842. The Morgan fingerprint density at radius 2 is 2.00 bits per heavy atom. The summed E-state index contributed by atoms with van der Waals surface area (Å²) in [5, 5.41) is 4.63. The van der Waals surface area contributed by atoms with Crippen LogP contribution in [0.15, 0.2) is 30.3 Å². The third kappa shape index (κ3) is 1.71. The molecule has 3 nitrogen and oxygen atoms in total. The molecule has 3 aliphatic rings. The highest BCUT2D eigenvalue weighted by Crippen LogP contribution is 2.70. The Bertz CT molecular complexity index is 818. The summed E-state index contributed by atoms with van der Waals surface area (Å²) in [6, 6.07) is 10.4. The number of fused-ring (bicyclic) bond motifs is 3. The van der Waals surface area contributed by atoms with E-state index in [1.54, 1.807) is 4.68 Å². The Morgan fingerprint density at radius 1 is 1.26 bits per heavy atom. The zero-order chi connectivity index (χ0) is 15.9. The van der Waals surface area contributed by atoms with Gasteiger partial charge in [0.15, 0.2) is 0 Å². The largest absolute Gasteiger partial charge is 0.272 e. The van der Waals surface area contributed by atoms with Gasteiger partial charge in [0.2, 0.25) is 0 Å². The van der Waals surface area contributed by atoms with Crippen LogP contribution in [0.2, 0.25) is 0 Å². The van der Waals surface area contributed by atoms with Gasteiger partial charge < -0.3 is 0 Å². The minimum Gasteiger partial charge on any atom is -0.272 e. The first kappa shape index (κ1) is 13.5. The fourth-order valence-corrected chi connectivity index (χ4v) is 4.97. The summed E-state index contributed by atoms with van der Waals surface area (Å²) in [6.45, 7) is 6.76. The van der Waals surface area contributed by atoms with Crippen molar-refractivity contribution >= 4 is 5.91 Å². The molecule has 4 unspecified atom stereocenters. The van der Waals surface area contributed by atoms with Gasteiger partial charge in [0.05, 0.1) is 11.4 Å².